The van der Waals surface area contributed by atoms with Crippen LogP contribution in [0.1, 0.15) is 0 Å². The average molecular weight is 319 g/mol. The summed E-state index contributed by atoms with van der Waals surface area (Å²) < 4.78 is 15.8. The van der Waals surface area contributed by atoms with Crippen molar-refractivity contribution in [3.05, 3.63) is 30.4 Å². The molecule has 1 aromatic rings. The van der Waals surface area contributed by atoms with E-state index in [4.69, 9.17) is 14.2 Å². The number of anilines is 1. The largest absolute Gasteiger partial charge is 0.497 e. The molecule has 7 heteroatoms. The molecule has 0 spiro atoms. The molecule has 2 aliphatic heterocycles. The van der Waals surface area contributed by atoms with E-state index in [1.807, 2.05) is 0 Å². The summed E-state index contributed by atoms with van der Waals surface area (Å²) >= 11 is 0. The van der Waals surface area contributed by atoms with Crippen LogP contribution >= 0.6 is 0 Å². The van der Waals surface area contributed by atoms with Crippen molar-refractivity contribution in [2.45, 2.75) is 12.2 Å². The van der Waals surface area contributed by atoms with Gasteiger partial charge < -0.3 is 24.6 Å². The van der Waals surface area contributed by atoms with Gasteiger partial charge in [0.2, 0.25) is 5.91 Å². The number of carboxylic acid groups (broad SMARTS) is 1. The lowest BCUT2D eigenvalue weighted by Crippen LogP contribution is -2.39. The summed E-state index contributed by atoms with van der Waals surface area (Å²) in [6, 6.07) is 4.97. The van der Waals surface area contributed by atoms with Gasteiger partial charge in [0.1, 0.15) is 17.4 Å². The fourth-order valence-corrected chi connectivity index (χ4v) is 3.03. The van der Waals surface area contributed by atoms with Crippen LogP contribution in [0.2, 0.25) is 0 Å². The van der Waals surface area contributed by atoms with Crippen molar-refractivity contribution in [1.29, 1.82) is 0 Å². The Kier molecular flexibility index (Phi) is 3.96. The van der Waals surface area contributed by atoms with Gasteiger partial charge in [-0.2, -0.15) is 0 Å². The van der Waals surface area contributed by atoms with E-state index in [-0.39, 0.29) is 0 Å². The minimum Gasteiger partial charge on any atom is -0.497 e. The van der Waals surface area contributed by atoms with E-state index < -0.39 is 35.9 Å². The Labute approximate surface area is 132 Å². The lowest BCUT2D eigenvalue weighted by atomic mass is 9.82. The minimum atomic E-state index is -1.04. The van der Waals surface area contributed by atoms with Crippen LogP contribution in [0.3, 0.4) is 0 Å². The molecule has 0 aromatic heterocycles. The highest BCUT2D eigenvalue weighted by Gasteiger charge is 2.53. The Morgan fingerprint density at radius 1 is 1.13 bits per heavy atom. The van der Waals surface area contributed by atoms with Gasteiger partial charge in [0.25, 0.3) is 0 Å². The number of rotatable bonds is 5. The molecule has 1 aromatic carbocycles. The van der Waals surface area contributed by atoms with Crippen molar-refractivity contribution in [1.82, 2.24) is 0 Å². The SMILES string of the molecule is COc1ccc(NC(=O)[C@@H]2[C@@H](C(=O)O)[C@H]3C=C[C@@H]2O3)c(OC)c1. The summed E-state index contributed by atoms with van der Waals surface area (Å²) in [5.41, 5.74) is 0.453. The van der Waals surface area contributed by atoms with Crippen molar-refractivity contribution in [3.8, 4) is 11.5 Å². The summed E-state index contributed by atoms with van der Waals surface area (Å²) in [7, 11) is 3.01. The first-order valence-electron chi connectivity index (χ1n) is 7.14. The van der Waals surface area contributed by atoms with E-state index in [1.165, 1.54) is 14.2 Å². The minimum absolute atomic E-state index is 0.405. The number of fused-ring (bicyclic) bond motifs is 2. The van der Waals surface area contributed by atoms with Crippen LogP contribution in [0.4, 0.5) is 5.69 Å². The number of hydrogen-bond donors (Lipinski definition) is 2. The molecular weight excluding hydrogens is 302 g/mol. The molecule has 2 aliphatic rings. The number of benzene rings is 1. The lowest BCUT2D eigenvalue weighted by molar-refractivity contribution is -0.145. The van der Waals surface area contributed by atoms with E-state index >= 15 is 0 Å². The quantitative estimate of drug-likeness (QED) is 0.795. The predicted octanol–water partition coefficient (Wildman–Crippen LogP) is 1.30. The summed E-state index contributed by atoms with van der Waals surface area (Å²) in [4.78, 5) is 24.0. The number of carbonyl (C=O) groups excluding carboxylic acids is 1. The molecule has 7 nitrogen and oxygen atoms in total. The van der Waals surface area contributed by atoms with Gasteiger partial charge in [-0.25, -0.2) is 0 Å². The third kappa shape index (κ3) is 2.63. The van der Waals surface area contributed by atoms with Gasteiger partial charge in [-0.3, -0.25) is 9.59 Å². The Bertz CT molecular complexity index is 671. The molecule has 1 amide bonds. The Balaban J connectivity index is 1.82. The molecule has 23 heavy (non-hydrogen) atoms. The number of hydrogen-bond acceptors (Lipinski definition) is 5. The van der Waals surface area contributed by atoms with Crippen molar-refractivity contribution >= 4 is 17.6 Å². The van der Waals surface area contributed by atoms with E-state index in [0.29, 0.717) is 17.2 Å². The fraction of sp³-hybridized carbons (Fsp3) is 0.375. The molecule has 0 radical (unpaired) electrons. The Morgan fingerprint density at radius 2 is 1.83 bits per heavy atom. The van der Waals surface area contributed by atoms with Crippen LogP contribution < -0.4 is 14.8 Å². The molecule has 3 rings (SSSR count). The first-order chi connectivity index (χ1) is 11.0. The van der Waals surface area contributed by atoms with Crippen molar-refractivity contribution in [3.63, 3.8) is 0 Å². The molecule has 2 N–H and O–H groups in total. The zero-order chi connectivity index (χ0) is 16.6. The summed E-state index contributed by atoms with van der Waals surface area (Å²) in [6.07, 6.45) is 2.37. The number of carbonyl (C=O) groups is 2. The monoisotopic (exact) mass is 319 g/mol. The predicted molar refractivity (Wildman–Crippen MR) is 80.6 cm³/mol. The number of aliphatic carboxylic acids is 1. The second-order valence-electron chi connectivity index (χ2n) is 5.40. The van der Waals surface area contributed by atoms with Gasteiger partial charge in [-0.15, -0.1) is 0 Å². The van der Waals surface area contributed by atoms with Crippen molar-refractivity contribution in [2.24, 2.45) is 11.8 Å². The fourth-order valence-electron chi connectivity index (χ4n) is 3.03. The van der Waals surface area contributed by atoms with Gasteiger partial charge in [0.15, 0.2) is 0 Å². The summed E-state index contributed by atoms with van der Waals surface area (Å²) in [5.74, 6) is -2.07. The van der Waals surface area contributed by atoms with Gasteiger partial charge in [-0.05, 0) is 12.1 Å². The molecule has 2 heterocycles. The first-order valence-corrected chi connectivity index (χ1v) is 7.14. The second-order valence-corrected chi connectivity index (χ2v) is 5.40. The van der Waals surface area contributed by atoms with Gasteiger partial charge in [0, 0.05) is 6.07 Å². The molecule has 4 atom stereocenters. The van der Waals surface area contributed by atoms with E-state index in [0.717, 1.165) is 0 Å². The average Bonchev–Trinajstić information content (AvgIpc) is 3.16. The number of ether oxygens (including phenoxy) is 3. The second kappa shape index (κ2) is 5.92. The smallest absolute Gasteiger partial charge is 0.310 e. The Morgan fingerprint density at radius 3 is 2.43 bits per heavy atom. The van der Waals surface area contributed by atoms with Crippen LogP contribution in [-0.2, 0) is 14.3 Å². The van der Waals surface area contributed by atoms with Crippen molar-refractivity contribution in [2.75, 3.05) is 19.5 Å². The number of amides is 1. The maximum Gasteiger partial charge on any atom is 0.310 e. The van der Waals surface area contributed by atoms with Gasteiger partial charge in [-0.1, -0.05) is 12.2 Å². The third-order valence-corrected chi connectivity index (χ3v) is 4.15. The van der Waals surface area contributed by atoms with Crippen LogP contribution in [-0.4, -0.2) is 43.4 Å². The Hall–Kier alpha value is -2.54. The number of nitrogens with one attached hydrogen (secondary N) is 1. The lowest BCUT2D eigenvalue weighted by Gasteiger charge is -2.21. The first kappa shape index (κ1) is 15.4. The highest BCUT2D eigenvalue weighted by molar-refractivity contribution is 5.97. The summed E-state index contributed by atoms with van der Waals surface area (Å²) in [6.45, 7) is 0. The third-order valence-electron chi connectivity index (χ3n) is 4.15. The van der Waals surface area contributed by atoms with Crippen LogP contribution in [0.5, 0.6) is 11.5 Å². The number of methoxy groups -OCH3 is 2. The molecule has 1 saturated heterocycles. The normalized spacial score (nSPS) is 27.7. The van der Waals surface area contributed by atoms with Gasteiger partial charge in [0.05, 0.1) is 38.0 Å². The zero-order valence-electron chi connectivity index (χ0n) is 12.7. The molecule has 0 aliphatic carbocycles. The van der Waals surface area contributed by atoms with Crippen LogP contribution in [0, 0.1) is 11.8 Å². The summed E-state index contributed by atoms with van der Waals surface area (Å²) in [5, 5.41) is 12.1. The van der Waals surface area contributed by atoms with E-state index in [2.05, 4.69) is 5.32 Å². The maximum atomic E-state index is 12.6. The molecule has 0 saturated carbocycles. The standard InChI is InChI=1S/C16H17NO6/c1-21-8-3-4-9(12(7-8)22-2)17-15(18)13-10-5-6-11(23-10)14(13)16(19)20/h3-7,10-11,13-14H,1-2H3,(H,17,18)(H,19,20)/t10-,11+,13-,14-/m0/s1. The molecule has 0 unspecified atom stereocenters. The zero-order valence-corrected chi connectivity index (χ0v) is 12.7. The highest BCUT2D eigenvalue weighted by atomic mass is 16.5. The van der Waals surface area contributed by atoms with Crippen molar-refractivity contribution < 1.29 is 28.9 Å². The van der Waals surface area contributed by atoms with E-state index in [9.17, 15) is 14.7 Å². The topological polar surface area (TPSA) is 94.1 Å². The van der Waals surface area contributed by atoms with E-state index in [1.54, 1.807) is 30.4 Å². The molecule has 122 valence electrons. The highest BCUT2D eigenvalue weighted by Crippen LogP contribution is 2.40. The van der Waals surface area contributed by atoms with Crippen LogP contribution in [0.15, 0.2) is 30.4 Å². The van der Waals surface area contributed by atoms with Gasteiger partial charge >= 0.3 is 5.97 Å². The van der Waals surface area contributed by atoms with Crippen LogP contribution in [0.25, 0.3) is 0 Å². The number of carboxylic acids is 1. The molecule has 2 bridgehead atoms. The maximum absolute atomic E-state index is 12.6. The molecule has 1 fully saturated rings. The molecular formula is C16H17NO6.